The molecule has 1 atom stereocenters. The van der Waals surface area contributed by atoms with E-state index in [9.17, 15) is 10.1 Å². The van der Waals surface area contributed by atoms with Gasteiger partial charge < -0.3 is 0 Å². The molecule has 0 aromatic carbocycles. The van der Waals surface area contributed by atoms with Crippen molar-refractivity contribution in [3.63, 3.8) is 0 Å². The minimum atomic E-state index is -0.699. The summed E-state index contributed by atoms with van der Waals surface area (Å²) in [5.41, 5.74) is 0. The van der Waals surface area contributed by atoms with E-state index in [0.717, 1.165) is 0 Å². The fraction of sp³-hybridized carbons (Fsp3) is 0.500. The molecule has 4 heteroatoms. The summed E-state index contributed by atoms with van der Waals surface area (Å²) in [6, 6.07) is 0. The monoisotopic (exact) mass is 113 g/mol. The number of rotatable bonds is 1. The van der Waals surface area contributed by atoms with Crippen LogP contribution in [0.5, 0.6) is 0 Å². The third-order valence-corrected chi connectivity index (χ3v) is 0.916. The summed E-state index contributed by atoms with van der Waals surface area (Å²) in [6.45, 7) is 0.492. The first-order valence-corrected chi connectivity index (χ1v) is 2.24. The van der Waals surface area contributed by atoms with Gasteiger partial charge >= 0.3 is 0 Å². The first kappa shape index (κ1) is 5.24. The summed E-state index contributed by atoms with van der Waals surface area (Å²) in [7, 11) is 0. The van der Waals surface area contributed by atoms with Crippen molar-refractivity contribution in [1.29, 1.82) is 0 Å². The fourth-order valence-electron chi connectivity index (χ4n) is 0.528. The Morgan fingerprint density at radius 1 is 2.00 bits per heavy atom. The predicted octanol–water partition coefficient (Wildman–Crippen LogP) is -0.448. The minimum absolute atomic E-state index is 0.389. The first-order valence-electron chi connectivity index (χ1n) is 2.24. The molecule has 1 aliphatic heterocycles. The summed E-state index contributed by atoms with van der Waals surface area (Å²) in [4.78, 5) is 9.48. The van der Waals surface area contributed by atoms with Crippen molar-refractivity contribution in [1.82, 2.24) is 5.32 Å². The Kier molecular flexibility index (Phi) is 1.26. The van der Waals surface area contributed by atoms with E-state index in [-0.39, 0.29) is 4.92 Å². The van der Waals surface area contributed by atoms with Crippen LogP contribution >= 0.6 is 0 Å². The SMILES string of the molecule is O=[N+]([O-])C1C=[C]CN1. The molecule has 1 radical (unpaired) electrons. The van der Waals surface area contributed by atoms with Crippen LogP contribution in [0, 0.1) is 16.2 Å². The second-order valence-corrected chi connectivity index (χ2v) is 1.48. The molecule has 0 fully saturated rings. The molecule has 0 saturated carbocycles. The van der Waals surface area contributed by atoms with Crippen LogP contribution in [0.15, 0.2) is 6.08 Å². The van der Waals surface area contributed by atoms with Crippen LogP contribution in [-0.4, -0.2) is 17.6 Å². The Bertz CT molecular complexity index is 132. The standard InChI is InChI=1S/C4H5N2O2/c7-6(8)4-2-1-3-5-4/h2,4-5H,3H2. The van der Waals surface area contributed by atoms with E-state index in [4.69, 9.17) is 0 Å². The van der Waals surface area contributed by atoms with Crippen molar-refractivity contribution in [3.05, 3.63) is 22.3 Å². The molecule has 0 aromatic rings. The minimum Gasteiger partial charge on any atom is -0.262 e. The zero-order chi connectivity index (χ0) is 5.98. The smallest absolute Gasteiger partial charge is 0.262 e. The van der Waals surface area contributed by atoms with Crippen LogP contribution in [0.3, 0.4) is 0 Å². The van der Waals surface area contributed by atoms with Gasteiger partial charge in [-0.2, -0.15) is 0 Å². The van der Waals surface area contributed by atoms with Crippen LogP contribution in [0.1, 0.15) is 0 Å². The average molecular weight is 113 g/mol. The quantitative estimate of drug-likeness (QED) is 0.370. The maximum absolute atomic E-state index is 9.87. The van der Waals surface area contributed by atoms with E-state index in [1.54, 1.807) is 0 Å². The van der Waals surface area contributed by atoms with Gasteiger partial charge in [0.05, 0.1) is 0 Å². The lowest BCUT2D eigenvalue weighted by molar-refractivity contribution is -0.514. The molecule has 0 aromatic heterocycles. The van der Waals surface area contributed by atoms with E-state index in [0.29, 0.717) is 6.54 Å². The topological polar surface area (TPSA) is 55.2 Å². The van der Waals surface area contributed by atoms with Gasteiger partial charge in [0.25, 0.3) is 6.17 Å². The van der Waals surface area contributed by atoms with Gasteiger partial charge in [0, 0.05) is 17.5 Å². The highest BCUT2D eigenvalue weighted by molar-refractivity contribution is 4.90. The van der Waals surface area contributed by atoms with Gasteiger partial charge in [0.2, 0.25) is 0 Å². The largest absolute Gasteiger partial charge is 0.285 e. The van der Waals surface area contributed by atoms with E-state index in [2.05, 4.69) is 11.4 Å². The predicted molar refractivity (Wildman–Crippen MR) is 26.6 cm³/mol. The van der Waals surface area contributed by atoms with Crippen molar-refractivity contribution in [2.75, 3.05) is 6.54 Å². The first-order chi connectivity index (χ1) is 3.80. The molecule has 1 heterocycles. The lowest BCUT2D eigenvalue weighted by Gasteiger charge is -1.95. The summed E-state index contributed by atoms with van der Waals surface area (Å²) in [5, 5.41) is 12.5. The number of hydrogen-bond acceptors (Lipinski definition) is 3. The Morgan fingerprint density at radius 3 is 3.00 bits per heavy atom. The molecule has 0 aliphatic carbocycles. The van der Waals surface area contributed by atoms with Crippen molar-refractivity contribution < 1.29 is 4.92 Å². The molecule has 1 aliphatic rings. The maximum Gasteiger partial charge on any atom is 0.285 e. The fourth-order valence-corrected chi connectivity index (χ4v) is 0.528. The van der Waals surface area contributed by atoms with Gasteiger partial charge in [-0.25, -0.2) is 5.32 Å². The molecular formula is C4H5N2O2. The van der Waals surface area contributed by atoms with Gasteiger partial charge in [0.1, 0.15) is 0 Å². The van der Waals surface area contributed by atoms with Crippen molar-refractivity contribution in [2.24, 2.45) is 0 Å². The van der Waals surface area contributed by atoms with E-state index < -0.39 is 6.17 Å². The van der Waals surface area contributed by atoms with Crippen LogP contribution < -0.4 is 5.32 Å². The molecular weight excluding hydrogens is 108 g/mol. The lowest BCUT2D eigenvalue weighted by Crippen LogP contribution is -2.29. The molecule has 0 bridgehead atoms. The van der Waals surface area contributed by atoms with E-state index >= 15 is 0 Å². The highest BCUT2D eigenvalue weighted by atomic mass is 16.6. The molecule has 1 N–H and O–H groups in total. The highest BCUT2D eigenvalue weighted by Gasteiger charge is 2.17. The van der Waals surface area contributed by atoms with Crippen molar-refractivity contribution in [3.8, 4) is 0 Å². The Morgan fingerprint density at radius 2 is 2.75 bits per heavy atom. The molecule has 43 valence electrons. The zero-order valence-corrected chi connectivity index (χ0v) is 4.13. The van der Waals surface area contributed by atoms with Crippen LogP contribution in [0.25, 0.3) is 0 Å². The Balaban J connectivity index is 2.48. The normalized spacial score (nSPS) is 26.2. The van der Waals surface area contributed by atoms with Gasteiger partial charge in [0.15, 0.2) is 0 Å². The molecule has 0 saturated heterocycles. The molecule has 1 rings (SSSR count). The van der Waals surface area contributed by atoms with Gasteiger partial charge in [-0.15, -0.1) is 0 Å². The number of nitro groups is 1. The maximum atomic E-state index is 9.87. The van der Waals surface area contributed by atoms with Gasteiger partial charge in [-0.05, 0) is 6.08 Å². The number of hydrogen-bond donors (Lipinski definition) is 1. The second kappa shape index (κ2) is 1.92. The van der Waals surface area contributed by atoms with Crippen LogP contribution in [0.4, 0.5) is 0 Å². The van der Waals surface area contributed by atoms with Gasteiger partial charge in [-0.1, -0.05) is 0 Å². The van der Waals surface area contributed by atoms with E-state index in [1.165, 1.54) is 6.08 Å². The summed E-state index contributed by atoms with van der Waals surface area (Å²) in [5.74, 6) is 0. The Hall–Kier alpha value is -0.900. The average Bonchev–Trinajstić information content (AvgIpc) is 2.12. The zero-order valence-electron chi connectivity index (χ0n) is 4.13. The van der Waals surface area contributed by atoms with Crippen LogP contribution in [-0.2, 0) is 0 Å². The summed E-state index contributed by atoms with van der Waals surface area (Å²) >= 11 is 0. The van der Waals surface area contributed by atoms with Crippen LogP contribution in [0.2, 0.25) is 0 Å². The summed E-state index contributed by atoms with van der Waals surface area (Å²) in [6.07, 6.45) is 3.39. The molecule has 0 amide bonds. The number of nitrogens with one attached hydrogen (secondary N) is 1. The van der Waals surface area contributed by atoms with E-state index in [1.807, 2.05) is 0 Å². The summed E-state index contributed by atoms with van der Waals surface area (Å²) < 4.78 is 0. The second-order valence-electron chi connectivity index (χ2n) is 1.48. The lowest BCUT2D eigenvalue weighted by atomic mass is 10.5. The Labute approximate surface area is 46.3 Å². The third kappa shape index (κ3) is 0.840. The van der Waals surface area contributed by atoms with Crippen molar-refractivity contribution >= 4 is 0 Å². The third-order valence-electron chi connectivity index (χ3n) is 0.916. The molecule has 8 heavy (non-hydrogen) atoms. The van der Waals surface area contributed by atoms with Crippen molar-refractivity contribution in [2.45, 2.75) is 6.17 Å². The molecule has 0 spiro atoms. The van der Waals surface area contributed by atoms with Gasteiger partial charge in [-0.3, -0.25) is 10.1 Å². The molecule has 4 nitrogen and oxygen atoms in total. The highest BCUT2D eigenvalue weighted by Crippen LogP contribution is 1.92. The molecule has 1 unspecified atom stereocenters. The number of nitrogens with zero attached hydrogens (tertiary/aromatic N) is 1.